The van der Waals surface area contributed by atoms with Crippen LogP contribution in [0.1, 0.15) is 51.4 Å². The van der Waals surface area contributed by atoms with Gasteiger partial charge in [0, 0.05) is 24.2 Å². The van der Waals surface area contributed by atoms with Crippen LogP contribution in [-0.2, 0) is 27.2 Å². The molecule has 0 aliphatic carbocycles. The number of amides is 1. The summed E-state index contributed by atoms with van der Waals surface area (Å²) in [7, 11) is 0. The van der Waals surface area contributed by atoms with E-state index in [1.165, 1.54) is 35.6 Å². The van der Waals surface area contributed by atoms with Gasteiger partial charge in [0.1, 0.15) is 10.6 Å². The number of carbonyl (C=O) groups is 4. The van der Waals surface area contributed by atoms with Crippen molar-refractivity contribution in [3.8, 4) is 5.75 Å². The summed E-state index contributed by atoms with van der Waals surface area (Å²) >= 11 is 1.28. The molecule has 4 rings (SSSR count). The summed E-state index contributed by atoms with van der Waals surface area (Å²) in [5.74, 6) is -1.85. The summed E-state index contributed by atoms with van der Waals surface area (Å²) in [6, 6.07) is 15.5. The number of hydrogen-bond acceptors (Lipinski definition) is 7. The molecule has 7 nitrogen and oxygen atoms in total. The van der Waals surface area contributed by atoms with Crippen LogP contribution >= 0.6 is 11.3 Å². The quantitative estimate of drug-likeness (QED) is 0.234. The molecule has 1 atom stereocenters. The Kier molecular flexibility index (Phi) is 7.95. The predicted molar refractivity (Wildman–Crippen MR) is 137 cm³/mol. The van der Waals surface area contributed by atoms with E-state index in [1.807, 2.05) is 32.0 Å². The van der Waals surface area contributed by atoms with Crippen LogP contribution in [0.4, 0.5) is 5.69 Å². The van der Waals surface area contributed by atoms with Crippen LogP contribution < -0.4 is 9.64 Å². The van der Waals surface area contributed by atoms with Gasteiger partial charge in [-0.15, -0.1) is 11.3 Å². The first-order valence-corrected chi connectivity index (χ1v) is 12.8. The second-order valence-electron chi connectivity index (χ2n) is 8.46. The number of carbonyl (C=O) groups excluding carboxylic acids is 4. The minimum Gasteiger partial charge on any atom is -0.457 e. The fraction of sp³-hybridized carbons (Fsp3) is 0.286. The molecule has 1 aliphatic rings. The van der Waals surface area contributed by atoms with Crippen molar-refractivity contribution in [1.29, 1.82) is 0 Å². The highest BCUT2D eigenvalue weighted by Gasteiger charge is 2.37. The first-order chi connectivity index (χ1) is 17.4. The van der Waals surface area contributed by atoms with Crippen LogP contribution in [0.3, 0.4) is 0 Å². The van der Waals surface area contributed by atoms with E-state index in [4.69, 9.17) is 9.47 Å². The fourth-order valence-electron chi connectivity index (χ4n) is 4.24. The predicted octanol–water partition coefficient (Wildman–Crippen LogP) is 4.87. The second-order valence-corrected chi connectivity index (χ2v) is 9.41. The molecule has 1 amide bonds. The van der Waals surface area contributed by atoms with Gasteiger partial charge in [0.15, 0.2) is 12.4 Å². The molecule has 36 heavy (non-hydrogen) atoms. The maximum Gasteiger partial charge on any atom is 0.353 e. The van der Waals surface area contributed by atoms with Crippen LogP contribution in [-0.4, -0.2) is 36.8 Å². The van der Waals surface area contributed by atoms with Crippen molar-refractivity contribution in [3.05, 3.63) is 81.5 Å². The van der Waals surface area contributed by atoms with Crippen LogP contribution in [0, 0.1) is 5.92 Å². The van der Waals surface area contributed by atoms with Crippen molar-refractivity contribution in [2.75, 3.05) is 18.1 Å². The first kappa shape index (κ1) is 25.3. The molecule has 2 heterocycles. The molecule has 1 aliphatic heterocycles. The number of benzene rings is 2. The maximum atomic E-state index is 12.8. The zero-order valence-corrected chi connectivity index (χ0v) is 21.0. The molecule has 3 aromatic rings. The van der Waals surface area contributed by atoms with Gasteiger partial charge in [-0.2, -0.15) is 0 Å². The Morgan fingerprint density at radius 2 is 1.67 bits per heavy atom. The lowest BCUT2D eigenvalue weighted by molar-refractivity contribution is -0.147. The maximum absolute atomic E-state index is 12.8. The van der Waals surface area contributed by atoms with Gasteiger partial charge >= 0.3 is 11.9 Å². The third-order valence-electron chi connectivity index (χ3n) is 6.15. The monoisotopic (exact) mass is 505 g/mol. The normalized spacial score (nSPS) is 15.1. The van der Waals surface area contributed by atoms with E-state index in [1.54, 1.807) is 22.4 Å². The molecule has 0 spiro atoms. The molecule has 0 radical (unpaired) electrons. The number of ether oxygens (including phenoxy) is 2. The molecule has 1 fully saturated rings. The Bertz CT molecular complexity index is 1240. The summed E-state index contributed by atoms with van der Waals surface area (Å²) in [5.41, 5.74) is 3.35. The van der Waals surface area contributed by atoms with Crippen molar-refractivity contribution >= 4 is 40.7 Å². The third kappa shape index (κ3) is 5.54. The van der Waals surface area contributed by atoms with E-state index in [0.717, 1.165) is 29.7 Å². The summed E-state index contributed by atoms with van der Waals surface area (Å²) in [6.45, 7) is 3.89. The highest BCUT2D eigenvalue weighted by atomic mass is 32.1. The van der Waals surface area contributed by atoms with E-state index < -0.39 is 24.5 Å². The van der Waals surface area contributed by atoms with Gasteiger partial charge in [0.2, 0.25) is 5.91 Å². The first-order valence-electron chi connectivity index (χ1n) is 11.9. The minimum absolute atomic E-state index is 0.0541. The van der Waals surface area contributed by atoms with Crippen molar-refractivity contribution in [1.82, 2.24) is 0 Å². The summed E-state index contributed by atoms with van der Waals surface area (Å²) in [5, 5.41) is 1.78. The highest BCUT2D eigenvalue weighted by Crippen LogP contribution is 2.32. The van der Waals surface area contributed by atoms with Gasteiger partial charge in [0.05, 0.1) is 5.92 Å². The number of nitrogens with zero attached hydrogens (tertiary/aromatic N) is 1. The average molecular weight is 506 g/mol. The number of hydrogen-bond donors (Lipinski definition) is 0. The fourth-order valence-corrected chi connectivity index (χ4v) is 4.84. The van der Waals surface area contributed by atoms with Crippen LogP contribution in [0.25, 0.3) is 0 Å². The number of thiophene rings is 1. The number of rotatable bonds is 9. The molecule has 0 saturated carbocycles. The lowest BCUT2D eigenvalue weighted by Gasteiger charge is -2.23. The van der Waals surface area contributed by atoms with Gasteiger partial charge in [-0.05, 0) is 59.7 Å². The highest BCUT2D eigenvalue weighted by molar-refractivity contribution is 7.12. The minimum atomic E-state index is -0.626. The molecular formula is C28H27NO6S. The number of ketones is 1. The standard InChI is InChI=1S/C28H27NO6S/c1-3-18-7-5-8-19(4-2)26(18)29-16-21(15-25(29)31)27(32)34-17-23(30)20-10-12-22(13-11-20)35-28(33)24-9-6-14-36-24/h5-14,21H,3-4,15-17H2,1-2H3/t21-/m0/s1. The Balaban J connectivity index is 1.33. The Morgan fingerprint density at radius 3 is 2.28 bits per heavy atom. The lowest BCUT2D eigenvalue weighted by atomic mass is 10.0. The number of para-hydroxylation sites is 1. The Hall–Kier alpha value is -3.78. The second kappa shape index (κ2) is 11.3. The average Bonchev–Trinajstić information content (AvgIpc) is 3.57. The largest absolute Gasteiger partial charge is 0.457 e. The number of aryl methyl sites for hydroxylation is 2. The van der Waals surface area contributed by atoms with Gasteiger partial charge in [-0.1, -0.05) is 38.1 Å². The number of esters is 2. The third-order valence-corrected chi connectivity index (χ3v) is 7.00. The lowest BCUT2D eigenvalue weighted by Crippen LogP contribution is -2.29. The molecule has 1 saturated heterocycles. The SMILES string of the molecule is CCc1cccc(CC)c1N1C[C@@H](C(=O)OCC(=O)c2ccc(OC(=O)c3cccs3)cc2)CC1=O. The van der Waals surface area contributed by atoms with E-state index >= 15 is 0 Å². The Morgan fingerprint density at radius 1 is 0.972 bits per heavy atom. The molecule has 2 aromatic carbocycles. The van der Waals surface area contributed by atoms with Crippen molar-refractivity contribution in [2.45, 2.75) is 33.1 Å². The molecule has 8 heteroatoms. The number of anilines is 1. The van der Waals surface area contributed by atoms with Crippen molar-refractivity contribution in [3.63, 3.8) is 0 Å². The molecule has 0 N–H and O–H groups in total. The van der Waals surface area contributed by atoms with Gasteiger partial charge in [-0.3, -0.25) is 14.4 Å². The smallest absolute Gasteiger partial charge is 0.353 e. The Labute approximate surface area is 213 Å². The van der Waals surface area contributed by atoms with Crippen molar-refractivity contribution < 1.29 is 28.7 Å². The summed E-state index contributed by atoms with van der Waals surface area (Å²) in [4.78, 5) is 52.2. The van der Waals surface area contributed by atoms with E-state index in [-0.39, 0.29) is 24.7 Å². The molecule has 1 aromatic heterocycles. The molecule has 0 unspecified atom stereocenters. The van der Waals surface area contributed by atoms with E-state index in [9.17, 15) is 19.2 Å². The summed E-state index contributed by atoms with van der Waals surface area (Å²) < 4.78 is 10.6. The van der Waals surface area contributed by atoms with Crippen LogP contribution in [0.15, 0.2) is 60.0 Å². The van der Waals surface area contributed by atoms with Gasteiger partial charge in [0.25, 0.3) is 0 Å². The summed E-state index contributed by atoms with van der Waals surface area (Å²) in [6.07, 6.45) is 1.61. The molecule has 186 valence electrons. The zero-order chi connectivity index (χ0) is 25.7. The zero-order valence-electron chi connectivity index (χ0n) is 20.2. The molecule has 0 bridgehead atoms. The van der Waals surface area contributed by atoms with E-state index in [0.29, 0.717) is 16.2 Å². The van der Waals surface area contributed by atoms with Crippen LogP contribution in [0.2, 0.25) is 0 Å². The number of Topliss-reactive ketones (excluding diaryl/α,β-unsaturated/α-hetero) is 1. The van der Waals surface area contributed by atoms with Gasteiger partial charge in [-0.25, -0.2) is 4.79 Å². The van der Waals surface area contributed by atoms with Gasteiger partial charge < -0.3 is 14.4 Å². The topological polar surface area (TPSA) is 90.0 Å². The van der Waals surface area contributed by atoms with Crippen LogP contribution in [0.5, 0.6) is 5.75 Å². The van der Waals surface area contributed by atoms with Crippen molar-refractivity contribution in [2.24, 2.45) is 5.92 Å². The molecular weight excluding hydrogens is 478 g/mol. The van der Waals surface area contributed by atoms with E-state index in [2.05, 4.69) is 0 Å².